The van der Waals surface area contributed by atoms with Crippen LogP contribution in [0.3, 0.4) is 0 Å². The van der Waals surface area contributed by atoms with Crippen molar-refractivity contribution in [1.82, 2.24) is 10.2 Å². The Kier molecular flexibility index (Phi) is 9.24. The number of rotatable bonds is 9. The molecule has 0 fully saturated rings. The molecule has 0 spiro atoms. The van der Waals surface area contributed by atoms with Gasteiger partial charge < -0.3 is 15.0 Å². The second-order valence-corrected chi connectivity index (χ2v) is 4.58. The van der Waals surface area contributed by atoms with Crippen LogP contribution < -0.4 is 5.32 Å². The fourth-order valence-electron chi connectivity index (χ4n) is 1.11. The van der Waals surface area contributed by atoms with Gasteiger partial charge in [0.25, 0.3) is 0 Å². The van der Waals surface area contributed by atoms with Gasteiger partial charge in [-0.2, -0.15) is 0 Å². The molecule has 0 bridgehead atoms. The molecule has 0 aliphatic carbocycles. The lowest BCUT2D eigenvalue weighted by molar-refractivity contribution is -0.128. The molecule has 1 N–H and O–H groups in total. The summed E-state index contributed by atoms with van der Waals surface area (Å²) in [6, 6.07) is 0. The third kappa shape index (κ3) is 9.93. The van der Waals surface area contributed by atoms with Gasteiger partial charge in [-0.25, -0.2) is 0 Å². The average molecular weight is 230 g/mol. The minimum absolute atomic E-state index is 0.160. The summed E-state index contributed by atoms with van der Waals surface area (Å²) in [4.78, 5) is 12.8. The van der Waals surface area contributed by atoms with Crippen LogP contribution in [0.2, 0.25) is 0 Å². The van der Waals surface area contributed by atoms with E-state index in [4.69, 9.17) is 4.74 Å². The first-order valence-corrected chi connectivity index (χ1v) is 6.02. The van der Waals surface area contributed by atoms with Crippen molar-refractivity contribution >= 4 is 5.91 Å². The first-order chi connectivity index (χ1) is 7.54. The van der Waals surface area contributed by atoms with Crippen molar-refractivity contribution in [3.05, 3.63) is 0 Å². The van der Waals surface area contributed by atoms with Crippen LogP contribution >= 0.6 is 0 Å². The Bertz CT molecular complexity index is 182. The molecule has 0 heterocycles. The van der Waals surface area contributed by atoms with Crippen LogP contribution in [-0.2, 0) is 9.53 Å². The highest BCUT2D eigenvalue weighted by molar-refractivity contribution is 5.75. The summed E-state index contributed by atoms with van der Waals surface area (Å²) < 4.78 is 5.44. The molecule has 0 rings (SSSR count). The molecule has 0 aliphatic heterocycles. The number of nitrogens with zero attached hydrogens (tertiary/aromatic N) is 1. The Balaban J connectivity index is 3.13. The molecule has 96 valence electrons. The highest BCUT2D eigenvalue weighted by Crippen LogP contribution is 1.98. The lowest BCUT2D eigenvalue weighted by Crippen LogP contribution is -2.28. The zero-order chi connectivity index (χ0) is 12.4. The van der Waals surface area contributed by atoms with Gasteiger partial charge in [0.1, 0.15) is 0 Å². The van der Waals surface area contributed by atoms with E-state index in [-0.39, 0.29) is 5.91 Å². The number of carbonyl (C=O) groups is 1. The van der Waals surface area contributed by atoms with Crippen molar-refractivity contribution in [2.75, 3.05) is 40.4 Å². The zero-order valence-corrected chi connectivity index (χ0v) is 11.1. The van der Waals surface area contributed by atoms with Gasteiger partial charge in [0.2, 0.25) is 5.91 Å². The second kappa shape index (κ2) is 9.60. The van der Waals surface area contributed by atoms with Gasteiger partial charge in [0.05, 0.1) is 6.61 Å². The number of ether oxygens (including phenoxy) is 1. The molecule has 16 heavy (non-hydrogen) atoms. The second-order valence-electron chi connectivity index (χ2n) is 4.58. The lowest BCUT2D eigenvalue weighted by Gasteiger charge is -2.10. The van der Waals surface area contributed by atoms with Gasteiger partial charge in [-0.05, 0) is 12.3 Å². The summed E-state index contributed by atoms with van der Waals surface area (Å²) in [6.45, 7) is 7.48. The molecule has 1 amide bonds. The summed E-state index contributed by atoms with van der Waals surface area (Å²) in [5.74, 6) is 0.860. The zero-order valence-electron chi connectivity index (χ0n) is 11.1. The maximum absolute atomic E-state index is 11.2. The Morgan fingerprint density at radius 3 is 2.50 bits per heavy atom. The van der Waals surface area contributed by atoms with Crippen LogP contribution in [0.5, 0.6) is 0 Å². The predicted octanol–water partition coefficient (Wildman–Crippen LogP) is 1.12. The van der Waals surface area contributed by atoms with E-state index in [1.807, 2.05) is 0 Å². The predicted molar refractivity (Wildman–Crippen MR) is 66.5 cm³/mol. The maximum atomic E-state index is 11.2. The third-order valence-corrected chi connectivity index (χ3v) is 2.28. The van der Waals surface area contributed by atoms with Crippen LogP contribution in [0.4, 0.5) is 0 Å². The van der Waals surface area contributed by atoms with Crippen LogP contribution in [0.15, 0.2) is 0 Å². The summed E-state index contributed by atoms with van der Waals surface area (Å²) in [5.41, 5.74) is 0. The van der Waals surface area contributed by atoms with Crippen LogP contribution in [0.25, 0.3) is 0 Å². The largest absolute Gasteiger partial charge is 0.380 e. The molecule has 0 unspecified atom stereocenters. The summed E-state index contributed by atoms with van der Waals surface area (Å²) in [6.07, 6.45) is 1.66. The highest BCUT2D eigenvalue weighted by atomic mass is 16.5. The van der Waals surface area contributed by atoms with Crippen molar-refractivity contribution < 1.29 is 9.53 Å². The van der Waals surface area contributed by atoms with Crippen molar-refractivity contribution in [2.45, 2.75) is 26.7 Å². The van der Waals surface area contributed by atoms with Crippen LogP contribution in [0, 0.1) is 5.92 Å². The van der Waals surface area contributed by atoms with Crippen molar-refractivity contribution in [3.63, 3.8) is 0 Å². The van der Waals surface area contributed by atoms with E-state index in [1.54, 1.807) is 19.0 Å². The molecule has 4 heteroatoms. The van der Waals surface area contributed by atoms with E-state index in [0.29, 0.717) is 12.3 Å². The third-order valence-electron chi connectivity index (χ3n) is 2.28. The van der Waals surface area contributed by atoms with Gasteiger partial charge in [-0.15, -0.1) is 0 Å². The minimum atomic E-state index is 0.160. The molecule has 0 aliphatic rings. The molecular formula is C12H26N2O2. The Morgan fingerprint density at radius 2 is 1.94 bits per heavy atom. The monoisotopic (exact) mass is 230 g/mol. The fraction of sp³-hybridized carbons (Fsp3) is 0.917. The van der Waals surface area contributed by atoms with Crippen LogP contribution in [0.1, 0.15) is 26.7 Å². The molecule has 0 radical (unpaired) electrons. The van der Waals surface area contributed by atoms with E-state index < -0.39 is 0 Å². The molecule has 0 saturated carbocycles. The topological polar surface area (TPSA) is 41.6 Å². The number of carbonyl (C=O) groups excluding carboxylic acids is 1. The highest BCUT2D eigenvalue weighted by Gasteiger charge is 2.01. The number of nitrogens with one attached hydrogen (secondary N) is 1. The Labute approximate surface area is 99.3 Å². The molecule has 0 saturated heterocycles. The number of amides is 1. The van der Waals surface area contributed by atoms with E-state index in [0.717, 1.165) is 32.7 Å². The first-order valence-electron chi connectivity index (χ1n) is 6.02. The lowest BCUT2D eigenvalue weighted by atomic mass is 10.1. The maximum Gasteiger partial charge on any atom is 0.223 e. The number of hydrogen-bond acceptors (Lipinski definition) is 3. The standard InChI is InChI=1S/C12H26N2O2/c1-11(2)6-9-16-10-8-13-7-5-12(15)14(3)4/h11,13H,5-10H2,1-4H3. The van der Waals surface area contributed by atoms with Crippen LogP contribution in [-0.4, -0.2) is 51.2 Å². The Hall–Kier alpha value is -0.610. The Morgan fingerprint density at radius 1 is 1.25 bits per heavy atom. The smallest absolute Gasteiger partial charge is 0.223 e. The summed E-state index contributed by atoms with van der Waals surface area (Å²) >= 11 is 0. The molecule has 0 atom stereocenters. The normalized spacial score (nSPS) is 10.8. The quantitative estimate of drug-likeness (QED) is 0.603. The minimum Gasteiger partial charge on any atom is -0.380 e. The van der Waals surface area contributed by atoms with Gasteiger partial charge >= 0.3 is 0 Å². The molecular weight excluding hydrogens is 204 g/mol. The van der Waals surface area contributed by atoms with Gasteiger partial charge in [0, 0.05) is 40.2 Å². The average Bonchev–Trinajstić information content (AvgIpc) is 2.21. The van der Waals surface area contributed by atoms with E-state index in [9.17, 15) is 4.79 Å². The summed E-state index contributed by atoms with van der Waals surface area (Å²) in [5, 5.41) is 3.19. The van der Waals surface area contributed by atoms with E-state index >= 15 is 0 Å². The number of hydrogen-bond donors (Lipinski definition) is 1. The van der Waals surface area contributed by atoms with Gasteiger partial charge in [-0.3, -0.25) is 4.79 Å². The fourth-order valence-corrected chi connectivity index (χ4v) is 1.11. The van der Waals surface area contributed by atoms with E-state index in [2.05, 4.69) is 19.2 Å². The van der Waals surface area contributed by atoms with Gasteiger partial charge in [0.15, 0.2) is 0 Å². The van der Waals surface area contributed by atoms with Gasteiger partial charge in [-0.1, -0.05) is 13.8 Å². The molecule has 0 aromatic rings. The van der Waals surface area contributed by atoms with Crippen molar-refractivity contribution in [1.29, 1.82) is 0 Å². The van der Waals surface area contributed by atoms with Crippen molar-refractivity contribution in [3.8, 4) is 0 Å². The first kappa shape index (κ1) is 15.4. The SMILES string of the molecule is CC(C)CCOCCNCCC(=O)N(C)C. The summed E-state index contributed by atoms with van der Waals surface area (Å²) in [7, 11) is 3.55. The molecule has 0 aromatic carbocycles. The molecule has 4 nitrogen and oxygen atoms in total. The van der Waals surface area contributed by atoms with Crippen molar-refractivity contribution in [2.24, 2.45) is 5.92 Å². The molecule has 0 aromatic heterocycles. The van der Waals surface area contributed by atoms with E-state index in [1.165, 1.54) is 0 Å².